The number of carbonyl (C=O) groups is 1. The van der Waals surface area contributed by atoms with Crippen LogP contribution in [0.3, 0.4) is 0 Å². The summed E-state index contributed by atoms with van der Waals surface area (Å²) in [5, 5.41) is 4.80. The summed E-state index contributed by atoms with van der Waals surface area (Å²) in [5.74, 6) is 0.140. The van der Waals surface area contributed by atoms with E-state index >= 15 is 0 Å². The van der Waals surface area contributed by atoms with E-state index in [1.807, 2.05) is 29.2 Å². The van der Waals surface area contributed by atoms with E-state index in [0.717, 1.165) is 40.7 Å². The Morgan fingerprint density at radius 2 is 1.58 bits per heavy atom. The van der Waals surface area contributed by atoms with Crippen LogP contribution in [0.1, 0.15) is 17.7 Å². The van der Waals surface area contributed by atoms with Crippen LogP contribution < -0.4 is 10.2 Å². The zero-order chi connectivity index (χ0) is 20.8. The Bertz CT molecular complexity index is 1260. The summed E-state index contributed by atoms with van der Waals surface area (Å²) in [5.41, 5.74) is 5.97. The van der Waals surface area contributed by atoms with Crippen molar-refractivity contribution >= 4 is 39.9 Å². The lowest BCUT2D eigenvalue weighted by Gasteiger charge is -2.31. The summed E-state index contributed by atoms with van der Waals surface area (Å²) >= 11 is 1.73. The molecule has 0 atom stereocenters. The van der Waals surface area contributed by atoms with Gasteiger partial charge in [0.05, 0.1) is 11.4 Å². The van der Waals surface area contributed by atoms with Crippen LogP contribution in [-0.2, 0) is 24.3 Å². The van der Waals surface area contributed by atoms with Crippen molar-refractivity contribution in [2.75, 3.05) is 11.4 Å². The summed E-state index contributed by atoms with van der Waals surface area (Å²) in [6.07, 6.45) is 1.47. The Morgan fingerprint density at radius 3 is 2.35 bits per heavy atom. The van der Waals surface area contributed by atoms with Crippen LogP contribution in [0.5, 0.6) is 0 Å². The van der Waals surface area contributed by atoms with Gasteiger partial charge in [-0.3, -0.25) is 9.69 Å². The quantitative estimate of drug-likeness (QED) is 0.470. The Morgan fingerprint density at radius 1 is 0.903 bits per heavy atom. The average molecular weight is 426 g/mol. The fraction of sp³-hybridized carbons (Fsp3) is 0.192. The minimum absolute atomic E-state index is 0.140. The van der Waals surface area contributed by atoms with Crippen LogP contribution in [0.2, 0.25) is 0 Å². The number of anilines is 2. The van der Waals surface area contributed by atoms with Gasteiger partial charge in [-0.1, -0.05) is 54.2 Å². The van der Waals surface area contributed by atoms with Gasteiger partial charge >= 0.3 is 0 Å². The van der Waals surface area contributed by atoms with Crippen molar-refractivity contribution in [2.45, 2.75) is 35.7 Å². The first-order valence-corrected chi connectivity index (χ1v) is 11.6. The molecular weight excluding hydrogens is 402 g/mol. The molecule has 1 N–H and O–H groups in total. The highest BCUT2D eigenvalue weighted by Crippen LogP contribution is 2.48. The average Bonchev–Trinajstić information content (AvgIpc) is 3.14. The Kier molecular flexibility index (Phi) is 4.59. The van der Waals surface area contributed by atoms with E-state index in [9.17, 15) is 4.79 Å². The van der Waals surface area contributed by atoms with Gasteiger partial charge < -0.3 is 9.88 Å². The minimum atomic E-state index is 0.140. The lowest BCUT2D eigenvalue weighted by Crippen LogP contribution is -2.30. The smallest absolute Gasteiger partial charge is 0.233 e. The number of nitrogens with one attached hydrogen (secondary N) is 1. The molecule has 31 heavy (non-hydrogen) atoms. The molecule has 2 aliphatic rings. The van der Waals surface area contributed by atoms with Gasteiger partial charge in [-0.15, -0.1) is 0 Å². The molecule has 0 saturated carbocycles. The number of fused-ring (bicyclic) bond motifs is 5. The van der Waals surface area contributed by atoms with Crippen molar-refractivity contribution in [2.24, 2.45) is 0 Å². The van der Waals surface area contributed by atoms with Crippen LogP contribution in [0.25, 0.3) is 10.9 Å². The number of para-hydroxylation sites is 3. The van der Waals surface area contributed by atoms with E-state index in [1.165, 1.54) is 22.2 Å². The van der Waals surface area contributed by atoms with Crippen LogP contribution >= 0.6 is 11.8 Å². The molecule has 0 radical (unpaired) electrons. The van der Waals surface area contributed by atoms with Gasteiger partial charge in [0.25, 0.3) is 0 Å². The number of amides is 1. The predicted octanol–water partition coefficient (Wildman–Crippen LogP) is 5.51. The number of nitrogens with zero attached hydrogens (tertiary/aromatic N) is 2. The lowest BCUT2D eigenvalue weighted by atomic mass is 10.1. The summed E-state index contributed by atoms with van der Waals surface area (Å²) in [7, 11) is 0. The molecule has 2 aliphatic heterocycles. The molecule has 0 fully saturated rings. The third-order valence-corrected chi connectivity index (χ3v) is 7.40. The van der Waals surface area contributed by atoms with E-state index in [4.69, 9.17) is 0 Å². The molecule has 154 valence electrons. The standard InChI is InChI=1S/C26H23N3OS/c30-26(29-22-9-3-5-11-24(22)31-25-12-6-4-10-23(25)29)14-16-28-20-8-2-1-7-18(20)19-17-27-15-13-21(19)28/h1-12,27H,13-17H2. The zero-order valence-electron chi connectivity index (χ0n) is 17.2. The molecular formula is C26H23N3OS. The van der Waals surface area contributed by atoms with Crippen LogP contribution in [-0.4, -0.2) is 17.0 Å². The molecule has 4 nitrogen and oxygen atoms in total. The monoisotopic (exact) mass is 425 g/mol. The maximum absolute atomic E-state index is 13.6. The van der Waals surface area contributed by atoms with Gasteiger partial charge in [0.2, 0.25) is 5.91 Å². The van der Waals surface area contributed by atoms with Crippen molar-refractivity contribution in [1.29, 1.82) is 0 Å². The highest BCUT2D eigenvalue weighted by molar-refractivity contribution is 7.99. The number of benzene rings is 3. The molecule has 0 bridgehead atoms. The van der Waals surface area contributed by atoms with Gasteiger partial charge in [-0.05, 0) is 35.9 Å². The summed E-state index contributed by atoms with van der Waals surface area (Å²) in [6.45, 7) is 2.59. The number of aryl methyl sites for hydroxylation is 1. The van der Waals surface area contributed by atoms with Gasteiger partial charge in [0.15, 0.2) is 0 Å². The second-order valence-corrected chi connectivity index (χ2v) is 9.12. The third kappa shape index (κ3) is 3.08. The highest BCUT2D eigenvalue weighted by Gasteiger charge is 2.28. The highest BCUT2D eigenvalue weighted by atomic mass is 32.2. The largest absolute Gasteiger partial charge is 0.344 e. The number of aromatic nitrogens is 1. The normalized spacial score (nSPS) is 14.8. The second kappa shape index (κ2) is 7.59. The number of hydrogen-bond donors (Lipinski definition) is 1. The summed E-state index contributed by atoms with van der Waals surface area (Å²) < 4.78 is 2.37. The summed E-state index contributed by atoms with van der Waals surface area (Å²) in [4.78, 5) is 17.8. The molecule has 3 heterocycles. The molecule has 0 spiro atoms. The van der Waals surface area contributed by atoms with Crippen molar-refractivity contribution in [3.05, 3.63) is 84.1 Å². The molecule has 0 unspecified atom stereocenters. The van der Waals surface area contributed by atoms with Crippen molar-refractivity contribution < 1.29 is 4.79 Å². The lowest BCUT2D eigenvalue weighted by molar-refractivity contribution is -0.118. The SMILES string of the molecule is O=C(CCn1c2c(c3ccccc31)CNCC2)N1c2ccccc2Sc2ccccc21. The van der Waals surface area contributed by atoms with Crippen LogP contribution in [0.4, 0.5) is 11.4 Å². The number of rotatable bonds is 3. The van der Waals surface area contributed by atoms with E-state index in [-0.39, 0.29) is 5.91 Å². The minimum Gasteiger partial charge on any atom is -0.344 e. The first-order chi connectivity index (χ1) is 15.3. The fourth-order valence-corrected chi connectivity index (χ4v) is 5.94. The Hall–Kier alpha value is -3.02. The zero-order valence-corrected chi connectivity index (χ0v) is 18.0. The molecule has 0 saturated heterocycles. The van der Waals surface area contributed by atoms with Crippen LogP contribution in [0.15, 0.2) is 82.6 Å². The molecule has 0 aliphatic carbocycles. The van der Waals surface area contributed by atoms with E-state index in [1.54, 1.807) is 11.8 Å². The van der Waals surface area contributed by atoms with E-state index in [0.29, 0.717) is 13.0 Å². The molecule has 6 rings (SSSR count). The molecule has 1 amide bonds. The number of hydrogen-bond acceptors (Lipinski definition) is 3. The molecule has 3 aromatic carbocycles. The predicted molar refractivity (Wildman–Crippen MR) is 126 cm³/mol. The van der Waals surface area contributed by atoms with Gasteiger partial charge in [-0.25, -0.2) is 0 Å². The topological polar surface area (TPSA) is 37.3 Å². The van der Waals surface area contributed by atoms with E-state index < -0.39 is 0 Å². The maximum Gasteiger partial charge on any atom is 0.233 e. The first-order valence-electron chi connectivity index (χ1n) is 10.8. The Balaban J connectivity index is 1.36. The van der Waals surface area contributed by atoms with Crippen molar-refractivity contribution in [1.82, 2.24) is 9.88 Å². The van der Waals surface area contributed by atoms with Gasteiger partial charge in [0, 0.05) is 58.9 Å². The maximum atomic E-state index is 13.6. The first kappa shape index (κ1) is 18.7. The Labute approximate surface area is 185 Å². The summed E-state index contributed by atoms with van der Waals surface area (Å²) in [6, 6.07) is 25.0. The van der Waals surface area contributed by atoms with Gasteiger partial charge in [-0.2, -0.15) is 0 Å². The fourth-order valence-electron chi connectivity index (χ4n) is 4.88. The molecule has 5 heteroatoms. The number of carbonyl (C=O) groups excluding carboxylic acids is 1. The van der Waals surface area contributed by atoms with Crippen molar-refractivity contribution in [3.63, 3.8) is 0 Å². The van der Waals surface area contributed by atoms with Crippen LogP contribution in [0, 0.1) is 0 Å². The van der Waals surface area contributed by atoms with Crippen molar-refractivity contribution in [3.8, 4) is 0 Å². The van der Waals surface area contributed by atoms with E-state index in [2.05, 4.69) is 58.4 Å². The van der Waals surface area contributed by atoms with Gasteiger partial charge in [0.1, 0.15) is 0 Å². The third-order valence-electron chi connectivity index (χ3n) is 6.27. The second-order valence-electron chi connectivity index (χ2n) is 8.04. The molecule has 4 aromatic rings. The molecule has 1 aromatic heterocycles.